The molecule has 1 aromatic carbocycles. The molecule has 0 aliphatic carbocycles. The molecule has 5 heteroatoms. The van der Waals surface area contributed by atoms with Gasteiger partial charge >= 0.3 is 5.97 Å². The van der Waals surface area contributed by atoms with Crippen LogP contribution < -0.4 is 0 Å². The van der Waals surface area contributed by atoms with Crippen LogP contribution in [0.15, 0.2) is 60.9 Å². The third kappa shape index (κ3) is 5.52. The van der Waals surface area contributed by atoms with Crippen molar-refractivity contribution in [3.05, 3.63) is 83.6 Å². The first-order valence-electron chi connectivity index (χ1n) is 9.41. The highest BCUT2D eigenvalue weighted by Gasteiger charge is 2.17. The normalized spacial score (nSPS) is 11.2. The zero-order chi connectivity index (χ0) is 20.5. The van der Waals surface area contributed by atoms with E-state index in [4.69, 9.17) is 4.74 Å². The molecular formula is C23H27FN2O2. The quantitative estimate of drug-likeness (QED) is 0.557. The Bertz CT molecular complexity index is 844. The molecule has 4 nitrogen and oxygen atoms in total. The summed E-state index contributed by atoms with van der Waals surface area (Å²) in [7, 11) is 1.35. The van der Waals surface area contributed by atoms with E-state index in [9.17, 15) is 9.18 Å². The minimum atomic E-state index is -0.408. The molecule has 0 N–H and O–H groups in total. The van der Waals surface area contributed by atoms with Gasteiger partial charge < -0.3 is 9.64 Å². The molecule has 1 heterocycles. The molecule has 28 heavy (non-hydrogen) atoms. The summed E-state index contributed by atoms with van der Waals surface area (Å²) in [6.07, 6.45) is 6.28. The summed E-state index contributed by atoms with van der Waals surface area (Å²) in [4.78, 5) is 18.4. The molecule has 0 atom stereocenters. The Morgan fingerprint density at radius 1 is 1.29 bits per heavy atom. The van der Waals surface area contributed by atoms with E-state index in [-0.39, 0.29) is 5.82 Å². The summed E-state index contributed by atoms with van der Waals surface area (Å²) in [6, 6.07) is 9.84. The second-order valence-electron chi connectivity index (χ2n) is 6.43. The van der Waals surface area contributed by atoms with E-state index in [1.54, 1.807) is 30.5 Å². The number of rotatable bonds is 9. The van der Waals surface area contributed by atoms with Gasteiger partial charge in [0.1, 0.15) is 5.82 Å². The van der Waals surface area contributed by atoms with Crippen molar-refractivity contribution in [2.75, 3.05) is 13.7 Å². The highest BCUT2D eigenvalue weighted by atomic mass is 19.1. The van der Waals surface area contributed by atoms with Crippen molar-refractivity contribution in [2.24, 2.45) is 0 Å². The van der Waals surface area contributed by atoms with Gasteiger partial charge in [0, 0.05) is 18.4 Å². The van der Waals surface area contributed by atoms with E-state index < -0.39 is 5.97 Å². The van der Waals surface area contributed by atoms with Crippen LogP contribution in [0, 0.1) is 5.82 Å². The first kappa shape index (κ1) is 21.4. The maximum atomic E-state index is 13.2. The third-order valence-electron chi connectivity index (χ3n) is 4.53. The summed E-state index contributed by atoms with van der Waals surface area (Å²) in [5, 5.41) is 0. The topological polar surface area (TPSA) is 42.4 Å². The molecular weight excluding hydrogens is 355 g/mol. The fourth-order valence-corrected chi connectivity index (χ4v) is 3.01. The molecule has 0 bridgehead atoms. The van der Waals surface area contributed by atoms with Crippen molar-refractivity contribution < 1.29 is 13.9 Å². The number of hydrogen-bond donors (Lipinski definition) is 0. The maximum Gasteiger partial charge on any atom is 0.337 e. The largest absolute Gasteiger partial charge is 0.465 e. The van der Waals surface area contributed by atoms with E-state index in [0.29, 0.717) is 17.8 Å². The number of halogens is 1. The van der Waals surface area contributed by atoms with Crippen molar-refractivity contribution in [3.63, 3.8) is 0 Å². The fraction of sp³-hybridized carbons (Fsp3) is 0.304. The van der Waals surface area contributed by atoms with Crippen molar-refractivity contribution >= 4 is 11.7 Å². The van der Waals surface area contributed by atoms with Gasteiger partial charge in [-0.2, -0.15) is 0 Å². The lowest BCUT2D eigenvalue weighted by atomic mass is 10.1. The lowest BCUT2D eigenvalue weighted by Gasteiger charge is -2.29. The molecule has 0 fully saturated rings. The van der Waals surface area contributed by atoms with Gasteiger partial charge in [-0.3, -0.25) is 4.98 Å². The van der Waals surface area contributed by atoms with Gasteiger partial charge in [0.25, 0.3) is 0 Å². The summed E-state index contributed by atoms with van der Waals surface area (Å²) < 4.78 is 18.0. The van der Waals surface area contributed by atoms with Crippen LogP contribution in [-0.2, 0) is 11.2 Å². The molecule has 0 radical (unpaired) electrons. The Labute approximate surface area is 166 Å². The summed E-state index contributed by atoms with van der Waals surface area (Å²) in [5.41, 5.74) is 3.96. The predicted octanol–water partition coefficient (Wildman–Crippen LogP) is 5.23. The highest BCUT2D eigenvalue weighted by Crippen LogP contribution is 2.24. The first-order valence-corrected chi connectivity index (χ1v) is 9.41. The van der Waals surface area contributed by atoms with Gasteiger partial charge in [-0.05, 0) is 49.6 Å². The highest BCUT2D eigenvalue weighted by molar-refractivity contribution is 5.90. The number of methoxy groups -OCH3 is 1. The molecule has 0 amide bonds. The van der Waals surface area contributed by atoms with Crippen molar-refractivity contribution in [3.8, 4) is 0 Å². The average Bonchev–Trinajstić information content (AvgIpc) is 2.73. The zero-order valence-electron chi connectivity index (χ0n) is 16.7. The van der Waals surface area contributed by atoms with Crippen LogP contribution in [0.3, 0.4) is 0 Å². The second-order valence-corrected chi connectivity index (χ2v) is 6.43. The number of esters is 1. The summed E-state index contributed by atoms with van der Waals surface area (Å²) in [6.45, 7) is 9.04. The molecule has 1 aromatic heterocycles. The molecule has 0 aliphatic heterocycles. The Hall–Kier alpha value is -2.95. The van der Waals surface area contributed by atoms with E-state index in [1.165, 1.54) is 19.2 Å². The molecule has 2 aromatic rings. The number of nitrogens with zero attached hydrogens (tertiary/aromatic N) is 2. The van der Waals surface area contributed by atoms with E-state index in [2.05, 4.69) is 29.5 Å². The minimum absolute atomic E-state index is 0.242. The van der Waals surface area contributed by atoms with Gasteiger partial charge in [-0.1, -0.05) is 38.1 Å². The van der Waals surface area contributed by atoms with E-state index in [1.807, 2.05) is 6.92 Å². The molecule has 2 rings (SSSR count). The van der Waals surface area contributed by atoms with Gasteiger partial charge in [0.15, 0.2) is 0 Å². The van der Waals surface area contributed by atoms with Crippen LogP contribution in [-0.4, -0.2) is 29.5 Å². The number of carbonyl (C=O) groups excluding carboxylic acids is 1. The van der Waals surface area contributed by atoms with Gasteiger partial charge in [0.05, 0.1) is 24.1 Å². The number of pyridine rings is 1. The van der Waals surface area contributed by atoms with E-state index in [0.717, 1.165) is 36.2 Å². The lowest BCUT2D eigenvalue weighted by Crippen LogP contribution is -2.24. The number of aromatic nitrogens is 1. The SMILES string of the molecule is C=C(c1cc(C(=O)OC)ccn1)N(CCc1ccc(F)cc1)/C(=C\C)CCC. The molecule has 0 saturated heterocycles. The van der Waals surface area contributed by atoms with Gasteiger partial charge in [-0.25, -0.2) is 9.18 Å². The Balaban J connectivity index is 2.28. The molecule has 148 valence electrons. The summed E-state index contributed by atoms with van der Waals surface area (Å²) in [5.74, 6) is -0.650. The number of hydrogen-bond acceptors (Lipinski definition) is 4. The van der Waals surface area contributed by atoms with Crippen LogP contribution >= 0.6 is 0 Å². The predicted molar refractivity (Wildman–Crippen MR) is 110 cm³/mol. The van der Waals surface area contributed by atoms with Crippen LogP contribution in [0.4, 0.5) is 4.39 Å². The Morgan fingerprint density at radius 3 is 2.61 bits per heavy atom. The average molecular weight is 382 g/mol. The van der Waals surface area contributed by atoms with Crippen molar-refractivity contribution in [1.29, 1.82) is 0 Å². The van der Waals surface area contributed by atoms with Crippen LogP contribution in [0.25, 0.3) is 5.70 Å². The maximum absolute atomic E-state index is 13.2. The number of carbonyl (C=O) groups is 1. The van der Waals surface area contributed by atoms with Gasteiger partial charge in [-0.15, -0.1) is 0 Å². The van der Waals surface area contributed by atoms with Gasteiger partial charge in [0.2, 0.25) is 0 Å². The van der Waals surface area contributed by atoms with Crippen LogP contribution in [0.1, 0.15) is 48.3 Å². The fourth-order valence-electron chi connectivity index (χ4n) is 3.01. The monoisotopic (exact) mass is 382 g/mol. The molecule has 0 saturated carbocycles. The van der Waals surface area contributed by atoms with Crippen LogP contribution in [0.5, 0.6) is 0 Å². The Kier molecular flexibility index (Phi) is 7.93. The Morgan fingerprint density at radius 2 is 2.00 bits per heavy atom. The molecule has 0 unspecified atom stereocenters. The lowest BCUT2D eigenvalue weighted by molar-refractivity contribution is 0.0600. The number of benzene rings is 1. The smallest absolute Gasteiger partial charge is 0.337 e. The first-order chi connectivity index (χ1) is 13.5. The number of allylic oxidation sites excluding steroid dienone is 2. The standard InChI is InChI=1S/C23H27FN2O2/c1-5-7-21(6-2)26(15-13-18-8-10-20(24)11-9-18)17(3)22-16-19(12-14-25-22)23(27)28-4/h6,8-12,14,16H,3,5,7,13,15H2,1-2,4H3/b21-6-. The number of ether oxygens (including phenoxy) is 1. The summed E-state index contributed by atoms with van der Waals surface area (Å²) >= 11 is 0. The van der Waals surface area contributed by atoms with Crippen molar-refractivity contribution in [2.45, 2.75) is 33.1 Å². The second kappa shape index (κ2) is 10.4. The van der Waals surface area contributed by atoms with E-state index >= 15 is 0 Å². The van der Waals surface area contributed by atoms with Crippen LogP contribution in [0.2, 0.25) is 0 Å². The molecule has 0 spiro atoms. The zero-order valence-corrected chi connectivity index (χ0v) is 16.7. The third-order valence-corrected chi connectivity index (χ3v) is 4.53. The molecule has 0 aliphatic rings. The van der Waals surface area contributed by atoms with Crippen molar-refractivity contribution in [1.82, 2.24) is 9.88 Å². The minimum Gasteiger partial charge on any atom is -0.465 e.